The van der Waals surface area contributed by atoms with Crippen LogP contribution in [0.3, 0.4) is 0 Å². The van der Waals surface area contributed by atoms with E-state index in [1.807, 2.05) is 0 Å². The molecule has 0 radical (unpaired) electrons. The third-order valence-corrected chi connectivity index (χ3v) is 3.19. The van der Waals surface area contributed by atoms with Gasteiger partial charge in [0.25, 0.3) is 0 Å². The number of hydrogen-bond donors (Lipinski definition) is 1. The molecule has 0 aliphatic carbocycles. The molecule has 0 unspecified atom stereocenters. The largest absolute Gasteiger partial charge is 0.481 e. The van der Waals surface area contributed by atoms with Gasteiger partial charge in [-0.15, -0.1) is 0 Å². The summed E-state index contributed by atoms with van der Waals surface area (Å²) in [5, 5.41) is 8.93. The average molecular weight is 290 g/mol. The number of carbonyl (C=O) groups excluding carboxylic acids is 1. The Labute approximate surface area is 119 Å². The lowest BCUT2D eigenvalue weighted by atomic mass is 10.0. The SMILES string of the molecule is CC(=O)c1c(OCC(=O)O)ccc2c(=O)c(C)c(C)oc12. The van der Waals surface area contributed by atoms with Crippen molar-refractivity contribution in [1.82, 2.24) is 0 Å². The molecule has 2 aromatic rings. The molecule has 1 heterocycles. The van der Waals surface area contributed by atoms with E-state index in [-0.39, 0.29) is 33.5 Å². The highest BCUT2D eigenvalue weighted by Crippen LogP contribution is 2.28. The van der Waals surface area contributed by atoms with Gasteiger partial charge in [0.15, 0.2) is 23.4 Å². The molecule has 0 saturated heterocycles. The van der Waals surface area contributed by atoms with Crippen LogP contribution in [-0.2, 0) is 4.79 Å². The predicted molar refractivity (Wildman–Crippen MR) is 75.1 cm³/mol. The molecule has 0 atom stereocenters. The van der Waals surface area contributed by atoms with Gasteiger partial charge in [0.05, 0.1) is 5.39 Å². The van der Waals surface area contributed by atoms with Crippen LogP contribution in [0, 0.1) is 13.8 Å². The molecule has 6 heteroatoms. The minimum absolute atomic E-state index is 0.0777. The average Bonchev–Trinajstić information content (AvgIpc) is 2.41. The zero-order valence-corrected chi connectivity index (χ0v) is 11.9. The second kappa shape index (κ2) is 5.40. The van der Waals surface area contributed by atoms with E-state index in [9.17, 15) is 14.4 Å². The second-order valence-electron chi connectivity index (χ2n) is 4.67. The van der Waals surface area contributed by atoms with Crippen molar-refractivity contribution in [2.24, 2.45) is 0 Å². The summed E-state index contributed by atoms with van der Waals surface area (Å²) in [6.07, 6.45) is 0. The molecule has 6 nitrogen and oxygen atoms in total. The molecule has 0 aliphatic rings. The van der Waals surface area contributed by atoms with Crippen molar-refractivity contribution < 1.29 is 23.8 Å². The first-order chi connectivity index (χ1) is 9.82. The Hall–Kier alpha value is -2.63. The fraction of sp³-hybridized carbons (Fsp3) is 0.267. The summed E-state index contributed by atoms with van der Waals surface area (Å²) >= 11 is 0. The summed E-state index contributed by atoms with van der Waals surface area (Å²) in [7, 11) is 0. The van der Waals surface area contributed by atoms with E-state index in [0.717, 1.165) is 0 Å². The van der Waals surface area contributed by atoms with Crippen LogP contribution in [0.1, 0.15) is 28.6 Å². The number of hydrogen-bond acceptors (Lipinski definition) is 5. The van der Waals surface area contributed by atoms with E-state index in [2.05, 4.69) is 0 Å². The van der Waals surface area contributed by atoms with E-state index >= 15 is 0 Å². The Morgan fingerprint density at radius 3 is 2.52 bits per heavy atom. The molecule has 2 rings (SSSR count). The van der Waals surface area contributed by atoms with Crippen LogP contribution in [-0.4, -0.2) is 23.5 Å². The summed E-state index contributed by atoms with van der Waals surface area (Å²) in [4.78, 5) is 34.6. The van der Waals surface area contributed by atoms with Gasteiger partial charge in [0, 0.05) is 5.56 Å². The summed E-state index contributed by atoms with van der Waals surface area (Å²) in [5.74, 6) is -1.03. The van der Waals surface area contributed by atoms with Gasteiger partial charge in [0.2, 0.25) is 0 Å². The van der Waals surface area contributed by atoms with Gasteiger partial charge in [-0.1, -0.05) is 0 Å². The van der Waals surface area contributed by atoms with E-state index in [1.54, 1.807) is 13.8 Å². The lowest BCUT2D eigenvalue weighted by Gasteiger charge is -2.11. The van der Waals surface area contributed by atoms with Crippen molar-refractivity contribution in [2.45, 2.75) is 20.8 Å². The monoisotopic (exact) mass is 290 g/mol. The van der Waals surface area contributed by atoms with Gasteiger partial charge in [-0.05, 0) is 32.9 Å². The van der Waals surface area contributed by atoms with Gasteiger partial charge >= 0.3 is 5.97 Å². The number of rotatable bonds is 4. The van der Waals surface area contributed by atoms with Gasteiger partial charge in [0.1, 0.15) is 17.1 Å². The quantitative estimate of drug-likeness (QED) is 0.866. The zero-order valence-electron chi connectivity index (χ0n) is 11.9. The first kappa shape index (κ1) is 14.8. The number of fused-ring (bicyclic) bond motifs is 1. The van der Waals surface area contributed by atoms with Crippen molar-refractivity contribution in [2.75, 3.05) is 6.61 Å². The lowest BCUT2D eigenvalue weighted by Crippen LogP contribution is -2.13. The molecule has 0 bridgehead atoms. The van der Waals surface area contributed by atoms with Crippen LogP contribution in [0.15, 0.2) is 21.3 Å². The lowest BCUT2D eigenvalue weighted by molar-refractivity contribution is -0.139. The molecule has 0 fully saturated rings. The van der Waals surface area contributed by atoms with Gasteiger partial charge in [-0.25, -0.2) is 4.79 Å². The Balaban J connectivity index is 2.77. The molecular weight excluding hydrogens is 276 g/mol. The number of aliphatic carboxylic acids is 1. The second-order valence-corrected chi connectivity index (χ2v) is 4.67. The van der Waals surface area contributed by atoms with E-state index in [0.29, 0.717) is 11.3 Å². The maximum Gasteiger partial charge on any atom is 0.341 e. The van der Waals surface area contributed by atoms with Crippen molar-refractivity contribution in [3.63, 3.8) is 0 Å². The Morgan fingerprint density at radius 1 is 1.29 bits per heavy atom. The highest BCUT2D eigenvalue weighted by Gasteiger charge is 2.19. The summed E-state index contributed by atoms with van der Waals surface area (Å²) in [6, 6.07) is 2.88. The highest BCUT2D eigenvalue weighted by molar-refractivity contribution is 6.07. The van der Waals surface area contributed by atoms with Crippen molar-refractivity contribution in [3.8, 4) is 5.75 Å². The fourth-order valence-corrected chi connectivity index (χ4v) is 2.03. The molecule has 1 N–H and O–H groups in total. The minimum Gasteiger partial charge on any atom is -0.481 e. The van der Waals surface area contributed by atoms with Crippen LogP contribution in [0.5, 0.6) is 5.75 Å². The maximum atomic E-state index is 12.2. The third kappa shape index (κ3) is 2.65. The first-order valence-corrected chi connectivity index (χ1v) is 6.25. The number of ketones is 1. The summed E-state index contributed by atoms with van der Waals surface area (Å²) < 4.78 is 10.7. The van der Waals surface area contributed by atoms with Crippen molar-refractivity contribution in [1.29, 1.82) is 0 Å². The van der Waals surface area contributed by atoms with Crippen LogP contribution < -0.4 is 10.2 Å². The van der Waals surface area contributed by atoms with Gasteiger partial charge < -0.3 is 14.3 Å². The minimum atomic E-state index is -1.16. The maximum absolute atomic E-state index is 12.2. The molecule has 1 aromatic heterocycles. The Bertz CT molecular complexity index is 800. The number of carbonyl (C=O) groups is 2. The topological polar surface area (TPSA) is 93.8 Å². The van der Waals surface area contributed by atoms with Crippen LogP contribution >= 0.6 is 0 Å². The number of aryl methyl sites for hydroxylation is 1. The highest BCUT2D eigenvalue weighted by atomic mass is 16.5. The molecule has 21 heavy (non-hydrogen) atoms. The Morgan fingerprint density at radius 2 is 1.95 bits per heavy atom. The predicted octanol–water partition coefficient (Wildman–Crippen LogP) is 2.08. The standard InChI is InChI=1S/C15H14O6/c1-7-9(3)21-15-10(14(7)19)4-5-11(13(15)8(2)16)20-6-12(17)18/h4-5H,6H2,1-3H3,(H,17,18). The van der Waals surface area contributed by atoms with E-state index < -0.39 is 12.6 Å². The molecule has 0 spiro atoms. The third-order valence-electron chi connectivity index (χ3n) is 3.19. The fourth-order valence-electron chi connectivity index (χ4n) is 2.03. The summed E-state index contributed by atoms with van der Waals surface area (Å²) in [5.41, 5.74) is 0.449. The van der Waals surface area contributed by atoms with E-state index in [1.165, 1.54) is 19.1 Å². The Kier molecular flexibility index (Phi) is 3.80. The van der Waals surface area contributed by atoms with Crippen LogP contribution in [0.4, 0.5) is 0 Å². The zero-order chi connectivity index (χ0) is 15.7. The number of benzene rings is 1. The van der Waals surface area contributed by atoms with Gasteiger partial charge in [-0.2, -0.15) is 0 Å². The first-order valence-electron chi connectivity index (χ1n) is 6.25. The normalized spacial score (nSPS) is 10.6. The molecule has 0 amide bonds. The number of carboxylic acid groups (broad SMARTS) is 1. The smallest absolute Gasteiger partial charge is 0.341 e. The van der Waals surface area contributed by atoms with E-state index in [4.69, 9.17) is 14.3 Å². The van der Waals surface area contributed by atoms with Crippen LogP contribution in [0.2, 0.25) is 0 Å². The molecule has 110 valence electrons. The van der Waals surface area contributed by atoms with Crippen molar-refractivity contribution in [3.05, 3.63) is 39.2 Å². The number of Topliss-reactive ketones (excluding diaryl/α,β-unsaturated/α-hetero) is 1. The number of ether oxygens (including phenoxy) is 1. The molecular formula is C15H14O6. The molecule has 0 saturated carbocycles. The van der Waals surface area contributed by atoms with Crippen LogP contribution in [0.25, 0.3) is 11.0 Å². The summed E-state index contributed by atoms with van der Waals surface area (Å²) in [6.45, 7) is 3.99. The van der Waals surface area contributed by atoms with Gasteiger partial charge in [-0.3, -0.25) is 9.59 Å². The molecule has 1 aromatic carbocycles. The van der Waals surface area contributed by atoms with Crippen molar-refractivity contribution >= 4 is 22.7 Å². The number of carboxylic acids is 1. The molecule has 0 aliphatic heterocycles.